The van der Waals surface area contributed by atoms with Crippen LogP contribution < -0.4 is 15.5 Å². The number of hydrogen-bond donors (Lipinski definition) is 2. The van der Waals surface area contributed by atoms with Gasteiger partial charge in [-0.25, -0.2) is 14.8 Å². The number of halogens is 1. The zero-order valence-electron chi connectivity index (χ0n) is 14.7. The summed E-state index contributed by atoms with van der Waals surface area (Å²) in [7, 11) is 0. The predicted octanol–water partition coefficient (Wildman–Crippen LogP) is 4.18. The van der Waals surface area contributed by atoms with E-state index in [-0.39, 0.29) is 12.1 Å². The minimum Gasteiger partial charge on any atom is -0.339 e. The molecule has 1 unspecified atom stereocenters. The molecule has 2 heterocycles. The number of benzene rings is 2. The molecule has 2 N–H and O–H groups in total. The maximum atomic E-state index is 12.6. The summed E-state index contributed by atoms with van der Waals surface area (Å²) in [6.07, 6.45) is 5.41. The maximum absolute atomic E-state index is 12.6. The number of anilines is 2. The number of rotatable bonds is 3. The minimum atomic E-state index is -0.191. The van der Waals surface area contributed by atoms with Gasteiger partial charge in [-0.15, -0.1) is 0 Å². The summed E-state index contributed by atoms with van der Waals surface area (Å²) in [5.41, 5.74) is 0.797. The Morgan fingerprint density at radius 3 is 2.67 bits per heavy atom. The first kappa shape index (κ1) is 17.7. The molecule has 0 saturated carbocycles. The second kappa shape index (κ2) is 7.92. The molecule has 138 valence electrons. The van der Waals surface area contributed by atoms with Gasteiger partial charge in [0.2, 0.25) is 5.95 Å². The first-order chi connectivity index (χ1) is 13.2. The van der Waals surface area contributed by atoms with Gasteiger partial charge in [0.05, 0.1) is 5.69 Å². The quantitative estimate of drug-likeness (QED) is 0.659. The summed E-state index contributed by atoms with van der Waals surface area (Å²) in [5, 5.41) is 8.16. The van der Waals surface area contributed by atoms with Crippen molar-refractivity contribution in [3.8, 4) is 0 Å². The largest absolute Gasteiger partial charge is 0.339 e. The van der Waals surface area contributed by atoms with Gasteiger partial charge in [-0.1, -0.05) is 40.2 Å². The van der Waals surface area contributed by atoms with E-state index in [9.17, 15) is 4.79 Å². The molecular weight excluding hydrogens is 406 g/mol. The Morgan fingerprint density at radius 2 is 1.85 bits per heavy atom. The molecule has 1 fully saturated rings. The average molecular weight is 426 g/mol. The first-order valence-electron chi connectivity index (χ1n) is 8.97. The second-order valence-corrected chi connectivity index (χ2v) is 7.43. The molecule has 0 aliphatic carbocycles. The Bertz CT molecular complexity index is 950. The topological polar surface area (TPSA) is 70.2 Å². The molecule has 1 aromatic heterocycles. The van der Waals surface area contributed by atoms with Gasteiger partial charge < -0.3 is 15.5 Å². The van der Waals surface area contributed by atoms with Crippen molar-refractivity contribution in [2.45, 2.75) is 18.9 Å². The number of nitrogens with one attached hydrogen (secondary N) is 2. The molecule has 27 heavy (non-hydrogen) atoms. The van der Waals surface area contributed by atoms with Gasteiger partial charge in [-0.3, -0.25) is 0 Å². The van der Waals surface area contributed by atoms with Gasteiger partial charge in [-0.05, 0) is 36.4 Å². The van der Waals surface area contributed by atoms with E-state index in [4.69, 9.17) is 0 Å². The molecule has 1 atom stereocenters. The van der Waals surface area contributed by atoms with Crippen molar-refractivity contribution in [1.29, 1.82) is 0 Å². The summed E-state index contributed by atoms with van der Waals surface area (Å²) in [6, 6.07) is 13.5. The Kier molecular flexibility index (Phi) is 5.20. The third kappa shape index (κ3) is 4.03. The van der Waals surface area contributed by atoms with Crippen molar-refractivity contribution >= 4 is 44.4 Å². The lowest BCUT2D eigenvalue weighted by atomic mass is 10.1. The van der Waals surface area contributed by atoms with Gasteiger partial charge in [0.15, 0.2) is 0 Å². The smallest absolute Gasteiger partial charge is 0.319 e. The third-order valence-electron chi connectivity index (χ3n) is 4.71. The van der Waals surface area contributed by atoms with E-state index < -0.39 is 0 Å². The Hall–Kier alpha value is -2.67. The average Bonchev–Trinajstić information content (AvgIpc) is 2.71. The van der Waals surface area contributed by atoms with Gasteiger partial charge >= 0.3 is 6.03 Å². The lowest BCUT2D eigenvalue weighted by molar-refractivity contribution is 0.246. The summed E-state index contributed by atoms with van der Waals surface area (Å²) >= 11 is 3.56. The van der Waals surface area contributed by atoms with Crippen molar-refractivity contribution in [2.75, 3.05) is 23.3 Å². The molecule has 3 aromatic rings. The highest BCUT2D eigenvalue weighted by Gasteiger charge is 2.23. The van der Waals surface area contributed by atoms with E-state index in [1.807, 2.05) is 36.4 Å². The molecule has 1 saturated heterocycles. The molecule has 0 radical (unpaired) electrons. The fraction of sp³-hybridized carbons (Fsp3) is 0.250. The molecule has 2 amide bonds. The fourth-order valence-corrected chi connectivity index (χ4v) is 3.92. The normalized spacial score (nSPS) is 16.9. The zero-order chi connectivity index (χ0) is 18.6. The predicted molar refractivity (Wildman–Crippen MR) is 111 cm³/mol. The standard InChI is InChI=1S/C20H20BrN5O/c21-17-8-9-18(16-7-2-1-6-15(16)17)25-20(27)24-14-5-3-12-26(13-14)19-22-10-4-11-23-19/h1-2,4,6-11,14H,3,5,12-13H2,(H2,24,25,27). The van der Waals surface area contributed by atoms with Gasteiger partial charge in [0, 0.05) is 41.4 Å². The molecule has 1 aliphatic rings. The number of fused-ring (bicyclic) bond motifs is 1. The number of amides is 2. The Morgan fingerprint density at radius 1 is 1.07 bits per heavy atom. The van der Waals surface area contributed by atoms with E-state index >= 15 is 0 Å². The van der Waals surface area contributed by atoms with Crippen molar-refractivity contribution in [3.63, 3.8) is 0 Å². The number of hydrogen-bond acceptors (Lipinski definition) is 4. The molecule has 4 rings (SSSR count). The van der Waals surface area contributed by atoms with E-state index in [1.165, 1.54) is 0 Å². The van der Waals surface area contributed by atoms with Gasteiger partial charge in [0.25, 0.3) is 0 Å². The third-order valence-corrected chi connectivity index (χ3v) is 5.40. The maximum Gasteiger partial charge on any atom is 0.319 e. The van der Waals surface area contributed by atoms with Crippen LogP contribution in [0, 0.1) is 0 Å². The number of piperidine rings is 1. The van der Waals surface area contributed by atoms with Crippen molar-refractivity contribution in [1.82, 2.24) is 15.3 Å². The highest BCUT2D eigenvalue weighted by molar-refractivity contribution is 9.10. The van der Waals surface area contributed by atoms with Crippen LogP contribution in [0.1, 0.15) is 12.8 Å². The molecule has 6 nitrogen and oxygen atoms in total. The molecule has 0 bridgehead atoms. The number of carbonyl (C=O) groups is 1. The lowest BCUT2D eigenvalue weighted by Gasteiger charge is -2.33. The van der Waals surface area contributed by atoms with Crippen LogP contribution in [-0.2, 0) is 0 Å². The summed E-state index contributed by atoms with van der Waals surface area (Å²) in [4.78, 5) is 23.3. The van der Waals surface area contributed by atoms with Crippen molar-refractivity contribution < 1.29 is 4.79 Å². The van der Waals surface area contributed by atoms with Crippen LogP contribution in [0.5, 0.6) is 0 Å². The summed E-state index contributed by atoms with van der Waals surface area (Å²) in [6.45, 7) is 1.61. The number of nitrogens with zero attached hydrogens (tertiary/aromatic N) is 3. The highest BCUT2D eigenvalue weighted by Crippen LogP contribution is 2.30. The van der Waals surface area contributed by atoms with Gasteiger partial charge in [0.1, 0.15) is 0 Å². The Labute approximate surface area is 166 Å². The van der Waals surface area contributed by atoms with Crippen molar-refractivity contribution in [2.24, 2.45) is 0 Å². The second-order valence-electron chi connectivity index (χ2n) is 6.57. The van der Waals surface area contributed by atoms with E-state index in [0.29, 0.717) is 12.5 Å². The van der Waals surface area contributed by atoms with Crippen LogP contribution >= 0.6 is 15.9 Å². The number of urea groups is 1. The summed E-state index contributed by atoms with van der Waals surface area (Å²) < 4.78 is 1.01. The van der Waals surface area contributed by atoms with Crippen LogP contribution in [-0.4, -0.2) is 35.1 Å². The van der Waals surface area contributed by atoms with Crippen molar-refractivity contribution in [3.05, 3.63) is 59.3 Å². The van der Waals surface area contributed by atoms with E-state index in [1.54, 1.807) is 18.5 Å². The van der Waals surface area contributed by atoms with Crippen LogP contribution in [0.3, 0.4) is 0 Å². The fourth-order valence-electron chi connectivity index (χ4n) is 3.45. The molecule has 2 aromatic carbocycles. The lowest BCUT2D eigenvalue weighted by Crippen LogP contribution is -2.49. The SMILES string of the molecule is O=C(Nc1ccc(Br)c2ccccc12)NC1CCCN(c2ncccn2)C1. The van der Waals surface area contributed by atoms with Crippen LogP contribution in [0.4, 0.5) is 16.4 Å². The number of aromatic nitrogens is 2. The molecule has 1 aliphatic heterocycles. The molecular formula is C20H20BrN5O. The minimum absolute atomic E-state index is 0.0595. The van der Waals surface area contributed by atoms with E-state index in [2.05, 4.69) is 41.4 Å². The Balaban J connectivity index is 1.43. The first-order valence-corrected chi connectivity index (χ1v) is 9.77. The molecule has 0 spiro atoms. The monoisotopic (exact) mass is 425 g/mol. The number of carbonyl (C=O) groups excluding carboxylic acids is 1. The van der Waals surface area contributed by atoms with Crippen LogP contribution in [0.2, 0.25) is 0 Å². The highest BCUT2D eigenvalue weighted by atomic mass is 79.9. The molecule has 7 heteroatoms. The summed E-state index contributed by atoms with van der Waals surface area (Å²) in [5.74, 6) is 0.711. The van der Waals surface area contributed by atoms with E-state index in [0.717, 1.165) is 40.3 Å². The van der Waals surface area contributed by atoms with Gasteiger partial charge in [-0.2, -0.15) is 0 Å². The zero-order valence-corrected chi connectivity index (χ0v) is 16.3. The van der Waals surface area contributed by atoms with Crippen LogP contribution in [0.25, 0.3) is 10.8 Å². The van der Waals surface area contributed by atoms with Crippen LogP contribution in [0.15, 0.2) is 59.3 Å².